The number of carbonyl (C=O) groups excluding carboxylic acids is 1. The highest BCUT2D eigenvalue weighted by atomic mass is 16.3. The van der Waals surface area contributed by atoms with Gasteiger partial charge in [-0.05, 0) is 32.1 Å². The van der Waals surface area contributed by atoms with Crippen LogP contribution in [-0.4, -0.2) is 46.1 Å². The van der Waals surface area contributed by atoms with Crippen molar-refractivity contribution < 1.29 is 20.1 Å². The summed E-state index contributed by atoms with van der Waals surface area (Å²) in [5.74, 6) is -0.325. The van der Waals surface area contributed by atoms with E-state index in [0.29, 0.717) is 6.42 Å². The summed E-state index contributed by atoms with van der Waals surface area (Å²) in [7, 11) is 0. The summed E-state index contributed by atoms with van der Waals surface area (Å²) in [6.07, 6.45) is 43.2. The van der Waals surface area contributed by atoms with Crippen LogP contribution in [0.15, 0.2) is 24.3 Å². The molecule has 0 aromatic rings. The number of allylic oxidation sites excluding steroid dienone is 3. The maximum absolute atomic E-state index is 12.4. The SMILES string of the molecule is CCCCCCCCCCCCCCCC/C=C/CC/C=C/C(O)C(CO)NC(=O)CC(O)CCCCCCCCCCCCC. The van der Waals surface area contributed by atoms with Gasteiger partial charge in [-0.3, -0.25) is 4.79 Å². The van der Waals surface area contributed by atoms with Crippen molar-refractivity contribution in [2.45, 2.75) is 225 Å². The van der Waals surface area contributed by atoms with Crippen LogP contribution in [0.25, 0.3) is 0 Å². The van der Waals surface area contributed by atoms with Gasteiger partial charge in [0.15, 0.2) is 0 Å². The molecule has 0 aliphatic rings. The molecule has 0 aliphatic carbocycles. The Kier molecular flexibility index (Phi) is 35.7. The first kappa shape index (κ1) is 44.8. The van der Waals surface area contributed by atoms with E-state index in [2.05, 4.69) is 31.3 Å². The molecule has 272 valence electrons. The lowest BCUT2D eigenvalue weighted by Gasteiger charge is -2.21. The maximum Gasteiger partial charge on any atom is 0.222 e. The van der Waals surface area contributed by atoms with Gasteiger partial charge in [0.05, 0.1) is 31.3 Å². The molecule has 5 nitrogen and oxygen atoms in total. The van der Waals surface area contributed by atoms with Gasteiger partial charge in [0, 0.05) is 0 Å². The molecular formula is C41H79NO4. The first-order chi connectivity index (χ1) is 22.5. The minimum atomic E-state index is -0.947. The molecule has 3 unspecified atom stereocenters. The van der Waals surface area contributed by atoms with Crippen molar-refractivity contribution in [3.8, 4) is 0 Å². The highest BCUT2D eigenvalue weighted by Crippen LogP contribution is 2.15. The first-order valence-electron chi connectivity index (χ1n) is 20.1. The molecule has 3 atom stereocenters. The van der Waals surface area contributed by atoms with Crippen molar-refractivity contribution in [2.75, 3.05) is 6.61 Å². The van der Waals surface area contributed by atoms with Gasteiger partial charge in [0.2, 0.25) is 5.91 Å². The quantitative estimate of drug-likeness (QED) is 0.0401. The van der Waals surface area contributed by atoms with Gasteiger partial charge in [-0.15, -0.1) is 0 Å². The smallest absolute Gasteiger partial charge is 0.222 e. The molecule has 1 amide bonds. The fourth-order valence-corrected chi connectivity index (χ4v) is 6.12. The van der Waals surface area contributed by atoms with E-state index in [1.54, 1.807) is 6.08 Å². The molecule has 0 aromatic heterocycles. The van der Waals surface area contributed by atoms with Crippen molar-refractivity contribution in [2.24, 2.45) is 0 Å². The van der Waals surface area contributed by atoms with Gasteiger partial charge in [-0.25, -0.2) is 0 Å². The van der Waals surface area contributed by atoms with E-state index in [1.165, 1.54) is 148 Å². The van der Waals surface area contributed by atoms with Crippen LogP contribution < -0.4 is 5.32 Å². The number of hydrogen-bond donors (Lipinski definition) is 4. The summed E-state index contributed by atoms with van der Waals surface area (Å²) in [5.41, 5.74) is 0. The minimum Gasteiger partial charge on any atom is -0.394 e. The van der Waals surface area contributed by atoms with Crippen LogP contribution in [0, 0.1) is 0 Å². The average molecular weight is 650 g/mol. The van der Waals surface area contributed by atoms with Gasteiger partial charge in [-0.1, -0.05) is 192 Å². The lowest BCUT2D eigenvalue weighted by Crippen LogP contribution is -2.45. The largest absolute Gasteiger partial charge is 0.394 e. The molecule has 0 fully saturated rings. The number of nitrogens with one attached hydrogen (secondary N) is 1. The zero-order chi connectivity index (χ0) is 33.8. The Bertz CT molecular complexity index is 679. The Labute approximate surface area is 286 Å². The predicted molar refractivity (Wildman–Crippen MR) is 199 cm³/mol. The summed E-state index contributed by atoms with van der Waals surface area (Å²) in [6, 6.07) is -0.756. The van der Waals surface area contributed by atoms with Gasteiger partial charge in [-0.2, -0.15) is 0 Å². The Morgan fingerprint density at radius 3 is 1.39 bits per heavy atom. The van der Waals surface area contributed by atoms with E-state index in [4.69, 9.17) is 0 Å². The third-order valence-electron chi connectivity index (χ3n) is 9.24. The number of amides is 1. The van der Waals surface area contributed by atoms with E-state index in [1.807, 2.05) is 6.08 Å². The lowest BCUT2D eigenvalue weighted by atomic mass is 10.0. The van der Waals surface area contributed by atoms with Crippen LogP contribution in [0.4, 0.5) is 0 Å². The predicted octanol–water partition coefficient (Wildman–Crippen LogP) is 11.0. The van der Waals surface area contributed by atoms with Crippen molar-refractivity contribution in [1.29, 1.82) is 0 Å². The van der Waals surface area contributed by atoms with Crippen LogP contribution in [0.1, 0.15) is 206 Å². The lowest BCUT2D eigenvalue weighted by molar-refractivity contribution is -0.124. The molecule has 0 aromatic carbocycles. The summed E-state index contributed by atoms with van der Waals surface area (Å²) in [4.78, 5) is 12.4. The Morgan fingerprint density at radius 2 is 0.935 bits per heavy atom. The summed E-state index contributed by atoms with van der Waals surface area (Å²) < 4.78 is 0. The van der Waals surface area contributed by atoms with E-state index >= 15 is 0 Å². The Morgan fingerprint density at radius 1 is 0.543 bits per heavy atom. The molecule has 0 spiro atoms. The topological polar surface area (TPSA) is 89.8 Å². The van der Waals surface area contributed by atoms with Crippen LogP contribution in [0.5, 0.6) is 0 Å². The van der Waals surface area contributed by atoms with E-state index in [0.717, 1.165) is 32.1 Å². The minimum absolute atomic E-state index is 0.00873. The zero-order valence-corrected chi connectivity index (χ0v) is 30.7. The Hall–Kier alpha value is -1.17. The number of carbonyl (C=O) groups is 1. The normalized spacial score (nSPS) is 13.9. The van der Waals surface area contributed by atoms with Crippen molar-refractivity contribution in [3.05, 3.63) is 24.3 Å². The molecule has 0 saturated heterocycles. The number of hydrogen-bond acceptors (Lipinski definition) is 4. The molecule has 0 bridgehead atoms. The number of unbranched alkanes of at least 4 members (excludes halogenated alkanes) is 25. The molecule has 0 aliphatic heterocycles. The molecule has 46 heavy (non-hydrogen) atoms. The molecule has 0 saturated carbocycles. The standard InChI is InChI=1S/C41H79NO4/c1-3-5-7-9-11-13-15-16-17-18-19-20-21-22-23-25-27-29-31-33-35-40(45)39(37-43)42-41(46)36-38(44)34-32-30-28-26-24-14-12-10-8-6-4-2/h25,27,33,35,38-40,43-45H,3-24,26,28-32,34,36-37H2,1-2H3,(H,42,46)/b27-25+,35-33+. The second-order valence-electron chi connectivity index (χ2n) is 13.9. The van der Waals surface area contributed by atoms with E-state index in [-0.39, 0.29) is 18.9 Å². The first-order valence-corrected chi connectivity index (χ1v) is 20.1. The van der Waals surface area contributed by atoms with Crippen molar-refractivity contribution in [3.63, 3.8) is 0 Å². The third kappa shape index (κ3) is 32.8. The fraction of sp³-hybridized carbons (Fsp3) is 0.878. The summed E-state index contributed by atoms with van der Waals surface area (Å²) in [6.45, 7) is 4.19. The van der Waals surface area contributed by atoms with Crippen LogP contribution in [0.3, 0.4) is 0 Å². The molecule has 4 N–H and O–H groups in total. The molecule has 0 rings (SSSR count). The molecular weight excluding hydrogens is 570 g/mol. The monoisotopic (exact) mass is 650 g/mol. The number of rotatable bonds is 36. The molecule has 0 radical (unpaired) electrons. The van der Waals surface area contributed by atoms with E-state index < -0.39 is 18.2 Å². The van der Waals surface area contributed by atoms with Crippen molar-refractivity contribution in [1.82, 2.24) is 5.32 Å². The third-order valence-corrected chi connectivity index (χ3v) is 9.24. The average Bonchev–Trinajstić information content (AvgIpc) is 3.05. The second kappa shape index (κ2) is 36.7. The number of aliphatic hydroxyl groups excluding tert-OH is 3. The maximum atomic E-state index is 12.4. The highest BCUT2D eigenvalue weighted by molar-refractivity contribution is 5.76. The van der Waals surface area contributed by atoms with Crippen LogP contribution in [0.2, 0.25) is 0 Å². The fourth-order valence-electron chi connectivity index (χ4n) is 6.12. The zero-order valence-electron chi connectivity index (χ0n) is 30.7. The van der Waals surface area contributed by atoms with Gasteiger partial charge < -0.3 is 20.6 Å². The second-order valence-corrected chi connectivity index (χ2v) is 13.9. The van der Waals surface area contributed by atoms with Crippen LogP contribution in [-0.2, 0) is 4.79 Å². The summed E-state index contributed by atoms with van der Waals surface area (Å²) in [5, 5.41) is 33.0. The number of aliphatic hydroxyl groups is 3. The highest BCUT2D eigenvalue weighted by Gasteiger charge is 2.20. The Balaban J connectivity index is 3.72. The van der Waals surface area contributed by atoms with E-state index in [9.17, 15) is 20.1 Å². The van der Waals surface area contributed by atoms with Gasteiger partial charge >= 0.3 is 0 Å². The molecule has 0 heterocycles. The van der Waals surface area contributed by atoms with Crippen molar-refractivity contribution >= 4 is 5.91 Å². The van der Waals surface area contributed by atoms with Gasteiger partial charge in [0.1, 0.15) is 0 Å². The summed E-state index contributed by atoms with van der Waals surface area (Å²) >= 11 is 0. The van der Waals surface area contributed by atoms with Crippen LogP contribution >= 0.6 is 0 Å². The molecule has 5 heteroatoms. The van der Waals surface area contributed by atoms with Gasteiger partial charge in [0.25, 0.3) is 0 Å².